The monoisotopic (exact) mass is 362 g/mol. The molecule has 140 valence electrons. The summed E-state index contributed by atoms with van der Waals surface area (Å²) in [7, 11) is 1.67. The molecule has 0 aromatic heterocycles. The molecule has 1 heterocycles. The Hall–Kier alpha value is -1.34. The number of hydrogen-bond donors (Lipinski definition) is 2. The molecule has 0 saturated carbocycles. The molecule has 1 rings (SSSR count). The summed E-state index contributed by atoms with van der Waals surface area (Å²) in [5.41, 5.74) is 5.11. The summed E-state index contributed by atoms with van der Waals surface area (Å²) < 4.78 is 0. The van der Waals surface area contributed by atoms with E-state index >= 15 is 0 Å². The van der Waals surface area contributed by atoms with Crippen LogP contribution < -0.4 is 11.1 Å². The predicted octanol–water partition coefficient (Wildman–Crippen LogP) is 1.35. The van der Waals surface area contributed by atoms with Crippen LogP contribution >= 0.6 is 12.4 Å². The van der Waals surface area contributed by atoms with Crippen LogP contribution in [-0.4, -0.2) is 59.4 Å². The average Bonchev–Trinajstić information content (AvgIpc) is 2.76. The maximum Gasteiger partial charge on any atom is 0.325 e. The third-order valence-electron chi connectivity index (χ3n) is 4.83. The first-order valence-electron chi connectivity index (χ1n) is 8.32. The van der Waals surface area contributed by atoms with Gasteiger partial charge < -0.3 is 16.0 Å². The molecule has 1 atom stereocenters. The van der Waals surface area contributed by atoms with Crippen LogP contribution in [0.15, 0.2) is 0 Å². The first-order valence-corrected chi connectivity index (χ1v) is 8.32. The molecular weight excluding hydrogens is 332 g/mol. The van der Waals surface area contributed by atoms with E-state index in [1.54, 1.807) is 7.05 Å². The van der Waals surface area contributed by atoms with E-state index in [-0.39, 0.29) is 36.8 Å². The Bertz CT molecular complexity index is 466. The lowest BCUT2D eigenvalue weighted by Crippen LogP contribution is -2.47. The minimum atomic E-state index is -0.865. The van der Waals surface area contributed by atoms with Crippen LogP contribution in [0, 0.1) is 5.92 Å². The van der Waals surface area contributed by atoms with E-state index in [9.17, 15) is 14.4 Å². The van der Waals surface area contributed by atoms with Gasteiger partial charge in [-0.2, -0.15) is 0 Å². The molecule has 1 unspecified atom stereocenters. The quantitative estimate of drug-likeness (QED) is 0.637. The van der Waals surface area contributed by atoms with Crippen LogP contribution in [0.2, 0.25) is 0 Å². The Balaban J connectivity index is 0.00000529. The molecule has 0 aromatic rings. The van der Waals surface area contributed by atoms with Crippen LogP contribution in [0.25, 0.3) is 0 Å². The molecule has 1 aliphatic heterocycles. The summed E-state index contributed by atoms with van der Waals surface area (Å²) in [5.74, 6) is -0.222. The largest absolute Gasteiger partial charge is 0.344 e. The van der Waals surface area contributed by atoms with Crippen LogP contribution in [0.4, 0.5) is 4.79 Å². The lowest BCUT2D eigenvalue weighted by Gasteiger charge is -2.25. The van der Waals surface area contributed by atoms with Crippen LogP contribution in [0.5, 0.6) is 0 Å². The summed E-state index contributed by atoms with van der Waals surface area (Å²) in [5, 5.41) is 2.72. The minimum Gasteiger partial charge on any atom is -0.344 e. The van der Waals surface area contributed by atoms with Crippen molar-refractivity contribution in [2.24, 2.45) is 11.7 Å². The number of rotatable bonds is 8. The van der Waals surface area contributed by atoms with Crippen molar-refractivity contribution in [3.8, 4) is 0 Å². The molecule has 0 bridgehead atoms. The van der Waals surface area contributed by atoms with Gasteiger partial charge in [0.15, 0.2) is 0 Å². The molecule has 1 saturated heterocycles. The number of imide groups is 1. The highest BCUT2D eigenvalue weighted by molar-refractivity contribution is 6.08. The van der Waals surface area contributed by atoms with Crippen molar-refractivity contribution < 1.29 is 14.4 Å². The fourth-order valence-electron chi connectivity index (χ4n) is 2.61. The van der Waals surface area contributed by atoms with Gasteiger partial charge >= 0.3 is 6.03 Å². The first-order chi connectivity index (χ1) is 10.7. The van der Waals surface area contributed by atoms with E-state index in [0.29, 0.717) is 31.7 Å². The molecule has 8 heteroatoms. The molecule has 3 N–H and O–H groups in total. The lowest BCUT2D eigenvalue weighted by atomic mass is 9.93. The lowest BCUT2D eigenvalue weighted by molar-refractivity contribution is -0.138. The van der Waals surface area contributed by atoms with Crippen molar-refractivity contribution in [2.75, 3.05) is 20.1 Å². The Morgan fingerprint density at radius 2 is 1.83 bits per heavy atom. The van der Waals surface area contributed by atoms with Crippen molar-refractivity contribution in [1.82, 2.24) is 15.1 Å². The van der Waals surface area contributed by atoms with Crippen LogP contribution in [0.3, 0.4) is 0 Å². The Morgan fingerprint density at radius 3 is 2.25 bits per heavy atom. The number of carbonyl (C=O) groups excluding carboxylic acids is 3. The number of halogens is 1. The van der Waals surface area contributed by atoms with Crippen molar-refractivity contribution >= 4 is 30.3 Å². The van der Waals surface area contributed by atoms with Gasteiger partial charge in [0.2, 0.25) is 5.91 Å². The van der Waals surface area contributed by atoms with Gasteiger partial charge in [0, 0.05) is 19.6 Å². The van der Waals surface area contributed by atoms with Gasteiger partial charge in [0.25, 0.3) is 5.91 Å². The van der Waals surface area contributed by atoms with Gasteiger partial charge in [-0.05, 0) is 25.2 Å². The van der Waals surface area contributed by atoms with E-state index < -0.39 is 11.6 Å². The average molecular weight is 363 g/mol. The second-order valence-corrected chi connectivity index (χ2v) is 6.62. The third-order valence-corrected chi connectivity index (χ3v) is 4.83. The fraction of sp³-hybridized carbons (Fsp3) is 0.812. The number of amides is 4. The van der Waals surface area contributed by atoms with E-state index in [4.69, 9.17) is 5.73 Å². The molecule has 0 spiro atoms. The SMILES string of the molecule is CCC1(CC)NC(=O)N(CC(=O)N(C)CCC(N)C(C)C)C1=O.Cl. The molecule has 4 amide bonds. The molecule has 0 radical (unpaired) electrons. The van der Waals surface area contributed by atoms with Crippen LogP contribution in [0.1, 0.15) is 47.0 Å². The van der Waals surface area contributed by atoms with Gasteiger partial charge in [-0.3, -0.25) is 14.5 Å². The van der Waals surface area contributed by atoms with Gasteiger partial charge in [-0.25, -0.2) is 4.79 Å². The molecule has 24 heavy (non-hydrogen) atoms. The molecule has 1 aliphatic rings. The smallest absolute Gasteiger partial charge is 0.325 e. The van der Waals surface area contributed by atoms with Crippen LogP contribution in [-0.2, 0) is 9.59 Å². The molecule has 0 aliphatic carbocycles. The first kappa shape index (κ1) is 22.7. The molecule has 0 aromatic carbocycles. The summed E-state index contributed by atoms with van der Waals surface area (Å²) in [4.78, 5) is 39.3. The molecule has 1 fully saturated rings. The van der Waals surface area contributed by atoms with Gasteiger partial charge in [0.1, 0.15) is 12.1 Å². The maximum atomic E-state index is 12.5. The molecule has 7 nitrogen and oxygen atoms in total. The zero-order valence-electron chi connectivity index (χ0n) is 15.3. The predicted molar refractivity (Wildman–Crippen MR) is 95.9 cm³/mol. The van der Waals surface area contributed by atoms with Crippen molar-refractivity contribution in [3.05, 3.63) is 0 Å². The number of nitrogens with two attached hydrogens (primary N) is 1. The fourth-order valence-corrected chi connectivity index (χ4v) is 2.61. The van der Waals surface area contributed by atoms with Crippen molar-refractivity contribution in [2.45, 2.75) is 58.5 Å². The maximum absolute atomic E-state index is 12.5. The summed E-state index contributed by atoms with van der Waals surface area (Å²) in [6.07, 6.45) is 1.71. The van der Waals surface area contributed by atoms with E-state index in [1.807, 2.05) is 27.7 Å². The Kier molecular flexibility index (Phi) is 8.71. The second kappa shape index (κ2) is 9.22. The number of urea groups is 1. The van der Waals surface area contributed by atoms with E-state index in [0.717, 1.165) is 4.90 Å². The second-order valence-electron chi connectivity index (χ2n) is 6.62. The number of likely N-dealkylation sites (N-methyl/N-ethyl adjacent to an activating group) is 1. The zero-order valence-corrected chi connectivity index (χ0v) is 16.1. The van der Waals surface area contributed by atoms with Gasteiger partial charge in [0.05, 0.1) is 0 Å². The highest BCUT2D eigenvalue weighted by Gasteiger charge is 2.49. The standard InChI is InChI=1S/C16H30N4O3.ClH/c1-6-16(7-2)14(22)20(15(23)18-16)10-13(21)19(5)9-8-12(17)11(3)4;/h11-12H,6-10,17H2,1-5H3,(H,18,23);1H. The van der Waals surface area contributed by atoms with Crippen molar-refractivity contribution in [1.29, 1.82) is 0 Å². The summed E-state index contributed by atoms with van der Waals surface area (Å²) in [6.45, 7) is 8.07. The van der Waals surface area contributed by atoms with E-state index in [2.05, 4.69) is 5.32 Å². The number of hydrogen-bond acceptors (Lipinski definition) is 4. The summed E-state index contributed by atoms with van der Waals surface area (Å²) in [6, 6.07) is -0.464. The van der Waals surface area contributed by atoms with E-state index in [1.165, 1.54) is 4.90 Å². The zero-order chi connectivity index (χ0) is 17.8. The molecular formula is C16H31ClN4O3. The minimum absolute atomic E-state index is 0. The number of nitrogens with zero attached hydrogens (tertiary/aromatic N) is 2. The summed E-state index contributed by atoms with van der Waals surface area (Å²) >= 11 is 0. The third kappa shape index (κ3) is 4.83. The van der Waals surface area contributed by atoms with Gasteiger partial charge in [-0.15, -0.1) is 12.4 Å². The Morgan fingerprint density at radius 1 is 1.29 bits per heavy atom. The van der Waals surface area contributed by atoms with Crippen molar-refractivity contribution in [3.63, 3.8) is 0 Å². The number of carbonyl (C=O) groups is 3. The highest BCUT2D eigenvalue weighted by atomic mass is 35.5. The van der Waals surface area contributed by atoms with Gasteiger partial charge in [-0.1, -0.05) is 27.7 Å². The highest BCUT2D eigenvalue weighted by Crippen LogP contribution is 2.24. The normalized spacial score (nSPS) is 17.5. The topological polar surface area (TPSA) is 95.7 Å². The number of nitrogens with one attached hydrogen (secondary N) is 1. The Labute approximate surface area is 150 Å².